The van der Waals surface area contributed by atoms with Gasteiger partial charge in [-0.25, -0.2) is 15.0 Å². The van der Waals surface area contributed by atoms with E-state index in [0.29, 0.717) is 18.4 Å². The molecule has 0 saturated carbocycles. The van der Waals surface area contributed by atoms with E-state index in [1.54, 1.807) is 0 Å². The summed E-state index contributed by atoms with van der Waals surface area (Å²) in [7, 11) is 0. The lowest BCUT2D eigenvalue weighted by Gasteiger charge is -2.24. The first-order valence-corrected chi connectivity index (χ1v) is 10.9. The second-order valence-corrected chi connectivity index (χ2v) is 8.57. The highest BCUT2D eigenvalue weighted by molar-refractivity contribution is 5.89. The van der Waals surface area contributed by atoms with Gasteiger partial charge in [0.1, 0.15) is 0 Å². The predicted octanol–water partition coefficient (Wildman–Crippen LogP) is 5.95. The first-order chi connectivity index (χ1) is 14.0. The van der Waals surface area contributed by atoms with Gasteiger partial charge in [-0.05, 0) is 68.7 Å². The normalized spacial score (nSPS) is 18.0. The molecule has 1 unspecified atom stereocenters. The topological polar surface area (TPSA) is 47.4 Å². The Morgan fingerprint density at radius 1 is 1.24 bits per heavy atom. The van der Waals surface area contributed by atoms with Gasteiger partial charge in [0, 0.05) is 35.0 Å². The SMILES string of the molecule is CCOc1ccc2c(n1)CCC=C2c1cnc2c(c1)CC(CCC(C)C)C(C)=N2. The summed E-state index contributed by atoms with van der Waals surface area (Å²) >= 11 is 0. The molecule has 1 atom stereocenters. The molecular formula is C25H31N3O. The van der Waals surface area contributed by atoms with Gasteiger partial charge < -0.3 is 4.74 Å². The summed E-state index contributed by atoms with van der Waals surface area (Å²) in [6.07, 6.45) is 9.73. The van der Waals surface area contributed by atoms with Crippen molar-refractivity contribution in [2.45, 2.75) is 59.8 Å². The third kappa shape index (κ3) is 4.26. The molecule has 1 aliphatic carbocycles. The number of allylic oxidation sites excluding steroid dienone is 1. The maximum absolute atomic E-state index is 5.59. The van der Waals surface area contributed by atoms with E-state index >= 15 is 0 Å². The Balaban J connectivity index is 1.62. The van der Waals surface area contributed by atoms with Crippen molar-refractivity contribution in [1.29, 1.82) is 0 Å². The minimum Gasteiger partial charge on any atom is -0.478 e. The summed E-state index contributed by atoms with van der Waals surface area (Å²) in [5.74, 6) is 2.87. The maximum Gasteiger partial charge on any atom is 0.213 e. The maximum atomic E-state index is 5.59. The second-order valence-electron chi connectivity index (χ2n) is 8.57. The zero-order valence-corrected chi connectivity index (χ0v) is 18.0. The highest BCUT2D eigenvalue weighted by atomic mass is 16.5. The minimum absolute atomic E-state index is 0.532. The van der Waals surface area contributed by atoms with Gasteiger partial charge in [0.2, 0.25) is 5.88 Å². The zero-order chi connectivity index (χ0) is 20.4. The summed E-state index contributed by atoms with van der Waals surface area (Å²) in [4.78, 5) is 14.3. The van der Waals surface area contributed by atoms with Crippen LogP contribution in [0.4, 0.5) is 5.82 Å². The summed E-state index contributed by atoms with van der Waals surface area (Å²) < 4.78 is 5.59. The molecule has 1 aliphatic heterocycles. The van der Waals surface area contributed by atoms with E-state index in [1.807, 2.05) is 19.2 Å². The number of fused-ring (bicyclic) bond motifs is 2. The van der Waals surface area contributed by atoms with Crippen LogP contribution in [0.3, 0.4) is 0 Å². The molecule has 0 fully saturated rings. The fourth-order valence-electron chi connectivity index (χ4n) is 4.30. The van der Waals surface area contributed by atoms with Crippen LogP contribution in [0.5, 0.6) is 5.88 Å². The summed E-state index contributed by atoms with van der Waals surface area (Å²) in [6, 6.07) is 6.42. The standard InChI is InChI=1S/C25H31N3O/c1-5-29-24-12-11-22-21(7-6-8-23(22)28-24)20-14-19-13-18(10-9-16(2)3)17(4)27-25(19)26-15-20/h7,11-12,14-16,18H,5-6,8-10,13H2,1-4H3. The fraction of sp³-hybridized carbons (Fsp3) is 0.480. The molecule has 152 valence electrons. The molecule has 0 amide bonds. The molecule has 3 heterocycles. The van der Waals surface area contributed by atoms with Crippen LogP contribution in [0.2, 0.25) is 0 Å². The van der Waals surface area contributed by atoms with Crippen LogP contribution in [0.15, 0.2) is 35.5 Å². The number of aryl methyl sites for hydroxylation is 1. The molecule has 0 N–H and O–H groups in total. The molecular weight excluding hydrogens is 358 g/mol. The number of aliphatic imine (C=N–C) groups is 1. The third-order valence-electron chi connectivity index (χ3n) is 5.95. The Hall–Kier alpha value is -2.49. The molecule has 0 radical (unpaired) electrons. The van der Waals surface area contributed by atoms with Crippen molar-refractivity contribution in [1.82, 2.24) is 9.97 Å². The predicted molar refractivity (Wildman–Crippen MR) is 119 cm³/mol. The van der Waals surface area contributed by atoms with Crippen LogP contribution in [-0.2, 0) is 12.8 Å². The van der Waals surface area contributed by atoms with Crippen molar-refractivity contribution in [3.63, 3.8) is 0 Å². The van der Waals surface area contributed by atoms with E-state index in [1.165, 1.54) is 40.8 Å². The third-order valence-corrected chi connectivity index (χ3v) is 5.95. The van der Waals surface area contributed by atoms with Gasteiger partial charge in [0.05, 0.1) is 12.3 Å². The van der Waals surface area contributed by atoms with Crippen molar-refractivity contribution in [2.75, 3.05) is 6.61 Å². The van der Waals surface area contributed by atoms with Gasteiger partial charge in [-0.3, -0.25) is 0 Å². The van der Waals surface area contributed by atoms with Crippen molar-refractivity contribution in [2.24, 2.45) is 16.8 Å². The number of hydrogen-bond acceptors (Lipinski definition) is 4. The number of aromatic nitrogens is 2. The van der Waals surface area contributed by atoms with Crippen LogP contribution in [0.25, 0.3) is 5.57 Å². The molecule has 2 aromatic rings. The molecule has 0 aromatic carbocycles. The van der Waals surface area contributed by atoms with Crippen LogP contribution in [0.1, 0.15) is 69.3 Å². The van der Waals surface area contributed by atoms with Gasteiger partial charge >= 0.3 is 0 Å². The largest absolute Gasteiger partial charge is 0.478 e. The van der Waals surface area contributed by atoms with Crippen molar-refractivity contribution in [3.05, 3.63) is 52.9 Å². The number of pyridine rings is 2. The van der Waals surface area contributed by atoms with Gasteiger partial charge in [0.25, 0.3) is 0 Å². The van der Waals surface area contributed by atoms with E-state index in [9.17, 15) is 0 Å². The van der Waals surface area contributed by atoms with E-state index < -0.39 is 0 Å². The molecule has 29 heavy (non-hydrogen) atoms. The van der Waals surface area contributed by atoms with Crippen molar-refractivity contribution >= 4 is 17.1 Å². The molecule has 4 nitrogen and oxygen atoms in total. The Kier molecular flexibility index (Phi) is 5.79. The smallest absolute Gasteiger partial charge is 0.213 e. The van der Waals surface area contributed by atoms with Crippen LogP contribution < -0.4 is 4.74 Å². The first kappa shape index (κ1) is 19.8. The first-order valence-electron chi connectivity index (χ1n) is 10.9. The average molecular weight is 390 g/mol. The van der Waals surface area contributed by atoms with Gasteiger partial charge in [-0.2, -0.15) is 0 Å². The van der Waals surface area contributed by atoms with E-state index in [4.69, 9.17) is 19.7 Å². The molecule has 0 spiro atoms. The Morgan fingerprint density at radius 3 is 2.90 bits per heavy atom. The Bertz CT molecular complexity index is 959. The monoisotopic (exact) mass is 389 g/mol. The minimum atomic E-state index is 0.532. The quantitative estimate of drug-likeness (QED) is 0.613. The molecule has 0 saturated heterocycles. The van der Waals surface area contributed by atoms with Crippen molar-refractivity contribution in [3.8, 4) is 5.88 Å². The second kappa shape index (κ2) is 8.48. The molecule has 2 aliphatic rings. The lowest BCUT2D eigenvalue weighted by atomic mass is 9.85. The van der Waals surface area contributed by atoms with Crippen LogP contribution in [-0.4, -0.2) is 22.3 Å². The molecule has 0 bridgehead atoms. The highest BCUT2D eigenvalue weighted by Crippen LogP contribution is 2.36. The lowest BCUT2D eigenvalue weighted by molar-refractivity contribution is 0.325. The molecule has 4 heteroatoms. The Labute approximate surface area is 174 Å². The number of hydrogen-bond donors (Lipinski definition) is 0. The van der Waals surface area contributed by atoms with Gasteiger partial charge in [0.15, 0.2) is 5.82 Å². The van der Waals surface area contributed by atoms with E-state index in [2.05, 4.69) is 39.0 Å². The van der Waals surface area contributed by atoms with E-state index in [0.717, 1.165) is 36.7 Å². The molecule has 4 rings (SSSR count). The summed E-state index contributed by atoms with van der Waals surface area (Å²) in [6.45, 7) is 9.37. The summed E-state index contributed by atoms with van der Waals surface area (Å²) in [5, 5.41) is 0. The van der Waals surface area contributed by atoms with Crippen LogP contribution in [0, 0.1) is 11.8 Å². The van der Waals surface area contributed by atoms with Gasteiger partial charge in [-0.1, -0.05) is 26.3 Å². The number of ether oxygens (including phenoxy) is 1. The number of rotatable bonds is 6. The lowest BCUT2D eigenvalue weighted by Crippen LogP contribution is -2.19. The number of nitrogens with zero attached hydrogens (tertiary/aromatic N) is 3. The zero-order valence-electron chi connectivity index (χ0n) is 18.0. The molecule has 2 aromatic heterocycles. The van der Waals surface area contributed by atoms with Gasteiger partial charge in [-0.15, -0.1) is 0 Å². The highest BCUT2D eigenvalue weighted by Gasteiger charge is 2.23. The van der Waals surface area contributed by atoms with Crippen LogP contribution >= 0.6 is 0 Å². The Morgan fingerprint density at radius 2 is 2.10 bits per heavy atom. The summed E-state index contributed by atoms with van der Waals surface area (Å²) in [5.41, 5.74) is 7.24. The van der Waals surface area contributed by atoms with Crippen molar-refractivity contribution < 1.29 is 4.74 Å². The average Bonchev–Trinajstić information content (AvgIpc) is 2.71. The van der Waals surface area contributed by atoms with E-state index in [-0.39, 0.29) is 0 Å². The fourth-order valence-corrected chi connectivity index (χ4v) is 4.30.